The predicted octanol–water partition coefficient (Wildman–Crippen LogP) is 6.08. The van der Waals surface area contributed by atoms with Crippen LogP contribution in [-0.2, 0) is 18.0 Å². The van der Waals surface area contributed by atoms with Crippen LogP contribution in [0, 0.1) is 0 Å². The maximum atomic E-state index is 13.2. The first-order valence-electron chi connectivity index (χ1n) is 9.36. The first-order valence-corrected chi connectivity index (χ1v) is 10.6. The number of nitrogens with zero attached hydrogens (tertiary/aromatic N) is 3. The second-order valence-electron chi connectivity index (χ2n) is 7.14. The van der Waals surface area contributed by atoms with Gasteiger partial charge in [0, 0.05) is 18.7 Å². The molecule has 1 aromatic heterocycles. The highest BCUT2D eigenvalue weighted by Gasteiger charge is 2.34. The molecule has 0 aliphatic rings. The zero-order chi connectivity index (χ0) is 22.8. The van der Waals surface area contributed by atoms with Crippen molar-refractivity contribution in [1.82, 2.24) is 14.8 Å². The zero-order valence-electron chi connectivity index (χ0n) is 16.9. The lowest BCUT2D eigenvalue weighted by atomic mass is 10.1. The molecule has 31 heavy (non-hydrogen) atoms. The third kappa shape index (κ3) is 5.40. The fourth-order valence-electron chi connectivity index (χ4n) is 2.97. The van der Waals surface area contributed by atoms with E-state index in [2.05, 4.69) is 15.5 Å². The summed E-state index contributed by atoms with van der Waals surface area (Å²) in [5.41, 5.74) is -0.320. The van der Waals surface area contributed by atoms with Crippen LogP contribution in [-0.4, -0.2) is 20.7 Å². The fourth-order valence-corrected chi connectivity index (χ4v) is 4.20. The van der Waals surface area contributed by atoms with E-state index in [0.29, 0.717) is 10.7 Å². The molecule has 0 bridgehead atoms. The first-order chi connectivity index (χ1) is 14.6. The Kier molecular flexibility index (Phi) is 6.96. The molecule has 0 saturated heterocycles. The molecular formula is C21H20ClF3N4OS. The van der Waals surface area contributed by atoms with Gasteiger partial charge in [0.15, 0.2) is 5.16 Å². The van der Waals surface area contributed by atoms with Crippen molar-refractivity contribution in [2.75, 3.05) is 5.32 Å². The number of halogens is 4. The molecule has 1 amide bonds. The van der Waals surface area contributed by atoms with Gasteiger partial charge in [0.05, 0.1) is 10.6 Å². The Hall–Kier alpha value is -2.52. The molecule has 1 N–H and O–H groups in total. The summed E-state index contributed by atoms with van der Waals surface area (Å²) in [6.45, 7) is 3.97. The third-order valence-electron chi connectivity index (χ3n) is 4.49. The molecule has 0 saturated carbocycles. The molecule has 0 fully saturated rings. The Balaban J connectivity index is 1.91. The van der Waals surface area contributed by atoms with Crippen LogP contribution < -0.4 is 5.32 Å². The van der Waals surface area contributed by atoms with E-state index in [9.17, 15) is 18.0 Å². The Morgan fingerprint density at radius 3 is 2.39 bits per heavy atom. The highest BCUT2D eigenvalue weighted by Crippen LogP contribution is 2.38. The van der Waals surface area contributed by atoms with Crippen LogP contribution >= 0.6 is 23.4 Å². The van der Waals surface area contributed by atoms with E-state index in [4.69, 9.17) is 11.6 Å². The molecule has 1 unspecified atom stereocenters. The van der Waals surface area contributed by atoms with Gasteiger partial charge in [-0.25, -0.2) is 0 Å². The number of carbonyl (C=O) groups is 1. The lowest BCUT2D eigenvalue weighted by Crippen LogP contribution is -2.20. The number of hydrogen-bond donors (Lipinski definition) is 1. The lowest BCUT2D eigenvalue weighted by molar-refractivity contribution is -0.137. The van der Waals surface area contributed by atoms with Gasteiger partial charge in [0.2, 0.25) is 5.91 Å². The number of hydrogen-bond acceptors (Lipinski definition) is 4. The molecule has 1 heterocycles. The maximum Gasteiger partial charge on any atom is 0.417 e. The molecule has 1 atom stereocenters. The van der Waals surface area contributed by atoms with Crippen LogP contribution in [0.4, 0.5) is 18.9 Å². The van der Waals surface area contributed by atoms with Crippen molar-refractivity contribution in [2.24, 2.45) is 7.05 Å². The molecule has 10 heteroatoms. The highest BCUT2D eigenvalue weighted by atomic mass is 35.5. The SMILES string of the molecule is CC(C)c1nnc(SC(C(=O)Nc2ccc(Cl)c(C(F)(F)F)c2)c2ccccc2)n1C. The minimum atomic E-state index is -4.63. The monoisotopic (exact) mass is 468 g/mol. The van der Waals surface area contributed by atoms with Crippen LogP contribution in [0.1, 0.15) is 42.0 Å². The summed E-state index contributed by atoms with van der Waals surface area (Å²) < 4.78 is 41.3. The molecule has 2 aromatic carbocycles. The zero-order valence-corrected chi connectivity index (χ0v) is 18.5. The fraction of sp³-hybridized carbons (Fsp3) is 0.286. The summed E-state index contributed by atoms with van der Waals surface area (Å²) >= 11 is 6.85. The van der Waals surface area contributed by atoms with Gasteiger partial charge in [-0.05, 0) is 23.8 Å². The van der Waals surface area contributed by atoms with Crippen molar-refractivity contribution >= 4 is 35.0 Å². The smallest absolute Gasteiger partial charge is 0.325 e. The van der Waals surface area contributed by atoms with Crippen LogP contribution in [0.25, 0.3) is 0 Å². The van der Waals surface area contributed by atoms with Gasteiger partial charge in [0.25, 0.3) is 0 Å². The first kappa shape index (κ1) is 23.1. The Morgan fingerprint density at radius 2 is 1.81 bits per heavy atom. The summed E-state index contributed by atoms with van der Waals surface area (Å²) in [5, 5.41) is 10.3. The number of aromatic nitrogens is 3. The van der Waals surface area contributed by atoms with E-state index in [1.165, 1.54) is 17.8 Å². The van der Waals surface area contributed by atoms with Crippen molar-refractivity contribution in [3.05, 3.63) is 70.5 Å². The maximum absolute atomic E-state index is 13.2. The van der Waals surface area contributed by atoms with Crippen molar-refractivity contribution in [3.63, 3.8) is 0 Å². The summed E-state index contributed by atoms with van der Waals surface area (Å²) in [6.07, 6.45) is -4.63. The number of benzene rings is 2. The molecule has 5 nitrogen and oxygen atoms in total. The van der Waals surface area contributed by atoms with Gasteiger partial charge < -0.3 is 9.88 Å². The van der Waals surface area contributed by atoms with Gasteiger partial charge in [-0.3, -0.25) is 4.79 Å². The summed E-state index contributed by atoms with van der Waals surface area (Å²) in [5.74, 6) is 0.425. The third-order valence-corrected chi connectivity index (χ3v) is 6.11. The number of carbonyl (C=O) groups excluding carboxylic acids is 1. The topological polar surface area (TPSA) is 59.8 Å². The van der Waals surface area contributed by atoms with E-state index < -0.39 is 27.9 Å². The normalized spacial score (nSPS) is 12.8. The molecule has 3 rings (SSSR count). The second kappa shape index (κ2) is 9.32. The van der Waals surface area contributed by atoms with Crippen LogP contribution in [0.15, 0.2) is 53.7 Å². The van der Waals surface area contributed by atoms with Crippen LogP contribution in [0.2, 0.25) is 5.02 Å². The Labute approximate surface area is 187 Å². The number of rotatable bonds is 6. The molecule has 0 radical (unpaired) electrons. The summed E-state index contributed by atoms with van der Waals surface area (Å²) in [6, 6.07) is 12.2. The average molecular weight is 469 g/mol. The lowest BCUT2D eigenvalue weighted by Gasteiger charge is -2.18. The number of thioether (sulfide) groups is 1. The molecule has 0 spiro atoms. The number of amides is 1. The van der Waals surface area contributed by atoms with Gasteiger partial charge in [-0.2, -0.15) is 13.2 Å². The van der Waals surface area contributed by atoms with E-state index in [0.717, 1.165) is 18.0 Å². The van der Waals surface area contributed by atoms with Gasteiger partial charge in [-0.1, -0.05) is 67.5 Å². The van der Waals surface area contributed by atoms with Gasteiger partial charge in [0.1, 0.15) is 11.1 Å². The van der Waals surface area contributed by atoms with E-state index >= 15 is 0 Å². The molecule has 164 valence electrons. The van der Waals surface area contributed by atoms with Gasteiger partial charge >= 0.3 is 6.18 Å². The van der Waals surface area contributed by atoms with Crippen molar-refractivity contribution in [3.8, 4) is 0 Å². The molecule has 3 aromatic rings. The molecule has 0 aliphatic carbocycles. The van der Waals surface area contributed by atoms with Crippen LogP contribution in [0.5, 0.6) is 0 Å². The standard InChI is InChI=1S/C21H20ClF3N4OS/c1-12(2)18-27-28-20(29(18)3)31-17(13-7-5-4-6-8-13)19(30)26-14-9-10-16(22)15(11-14)21(23,24)25/h4-12,17H,1-3H3,(H,26,30). The Bertz CT molecular complexity index is 1070. The largest absolute Gasteiger partial charge is 0.417 e. The minimum Gasteiger partial charge on any atom is -0.325 e. The number of anilines is 1. The summed E-state index contributed by atoms with van der Waals surface area (Å²) in [4.78, 5) is 13.1. The summed E-state index contributed by atoms with van der Waals surface area (Å²) in [7, 11) is 1.81. The quantitative estimate of drug-likeness (QED) is 0.445. The number of nitrogens with one attached hydrogen (secondary N) is 1. The van der Waals surface area contributed by atoms with Crippen LogP contribution in [0.3, 0.4) is 0 Å². The van der Waals surface area contributed by atoms with Crippen molar-refractivity contribution in [1.29, 1.82) is 0 Å². The minimum absolute atomic E-state index is 0.00379. The van der Waals surface area contributed by atoms with Crippen molar-refractivity contribution in [2.45, 2.75) is 36.3 Å². The van der Waals surface area contributed by atoms with E-state index in [1.54, 1.807) is 24.3 Å². The molecular weight excluding hydrogens is 449 g/mol. The highest BCUT2D eigenvalue weighted by molar-refractivity contribution is 8.00. The number of alkyl halides is 3. The Morgan fingerprint density at radius 1 is 1.13 bits per heavy atom. The second-order valence-corrected chi connectivity index (χ2v) is 8.62. The van der Waals surface area contributed by atoms with Crippen molar-refractivity contribution < 1.29 is 18.0 Å². The van der Waals surface area contributed by atoms with E-state index in [1.807, 2.05) is 31.5 Å². The molecule has 0 aliphatic heterocycles. The van der Waals surface area contributed by atoms with E-state index in [-0.39, 0.29) is 11.6 Å². The van der Waals surface area contributed by atoms with Gasteiger partial charge in [-0.15, -0.1) is 10.2 Å². The predicted molar refractivity (Wildman–Crippen MR) is 115 cm³/mol. The average Bonchev–Trinajstić information content (AvgIpc) is 3.07.